The van der Waals surface area contributed by atoms with Crippen LogP contribution < -0.4 is 0 Å². The van der Waals surface area contributed by atoms with Gasteiger partial charge in [-0.1, -0.05) is 28.1 Å². The predicted molar refractivity (Wildman–Crippen MR) is 90.3 cm³/mol. The lowest BCUT2D eigenvalue weighted by atomic mass is 10.2. The molecule has 0 bridgehead atoms. The third kappa shape index (κ3) is 2.95. The third-order valence-electron chi connectivity index (χ3n) is 2.84. The van der Waals surface area contributed by atoms with Crippen molar-refractivity contribution in [3.05, 3.63) is 52.4 Å². The molecule has 0 radical (unpaired) electrons. The number of nitrogens with zero attached hydrogens (tertiary/aromatic N) is 2. The number of thiazole rings is 1. The molecule has 0 saturated carbocycles. The highest BCUT2D eigenvalue weighted by molar-refractivity contribution is 9.10. The summed E-state index contributed by atoms with van der Waals surface area (Å²) in [6, 6.07) is 12.3. The number of halogens is 1. The zero-order chi connectivity index (χ0) is 13.9. The minimum atomic E-state index is 1.01. The van der Waals surface area contributed by atoms with Crippen LogP contribution in [-0.2, 0) is 0 Å². The molecule has 2 aromatic heterocycles. The largest absolute Gasteiger partial charge is 0.250 e. The summed E-state index contributed by atoms with van der Waals surface area (Å²) in [6.45, 7) is 0. The van der Waals surface area contributed by atoms with Gasteiger partial charge in [0.15, 0.2) is 0 Å². The van der Waals surface area contributed by atoms with E-state index in [1.165, 1.54) is 0 Å². The Balaban J connectivity index is 1.95. The lowest BCUT2D eigenvalue weighted by Crippen LogP contribution is -1.82. The monoisotopic (exact) mass is 362 g/mol. The molecule has 5 heteroatoms. The summed E-state index contributed by atoms with van der Waals surface area (Å²) in [6.07, 6.45) is 3.86. The highest BCUT2D eigenvalue weighted by atomic mass is 79.9. The van der Waals surface area contributed by atoms with E-state index in [1.807, 2.05) is 30.7 Å². The van der Waals surface area contributed by atoms with Gasteiger partial charge in [0.25, 0.3) is 0 Å². The normalized spacial score (nSPS) is 10.7. The molecular weight excluding hydrogens is 352 g/mol. The Morgan fingerprint density at radius 1 is 1.10 bits per heavy atom. The Morgan fingerprint density at radius 3 is 2.65 bits per heavy atom. The van der Waals surface area contributed by atoms with Crippen LogP contribution in [0.3, 0.4) is 0 Å². The molecule has 0 saturated heterocycles. The van der Waals surface area contributed by atoms with Gasteiger partial charge in [-0.2, -0.15) is 0 Å². The molecule has 1 aromatic carbocycles. The number of hydrogen-bond acceptors (Lipinski definition) is 4. The van der Waals surface area contributed by atoms with Gasteiger partial charge in [0.2, 0.25) is 0 Å². The van der Waals surface area contributed by atoms with Crippen LogP contribution >= 0.6 is 39.0 Å². The first-order chi connectivity index (χ1) is 9.76. The topological polar surface area (TPSA) is 25.8 Å². The molecule has 0 aliphatic rings. The molecule has 0 N–H and O–H groups in total. The zero-order valence-corrected chi connectivity index (χ0v) is 13.9. The fourth-order valence-electron chi connectivity index (χ4n) is 1.81. The van der Waals surface area contributed by atoms with Crippen molar-refractivity contribution >= 4 is 39.0 Å². The molecule has 2 heterocycles. The quantitative estimate of drug-likeness (QED) is 0.586. The van der Waals surface area contributed by atoms with Crippen LogP contribution in [0.25, 0.3) is 21.8 Å². The van der Waals surface area contributed by atoms with Gasteiger partial charge in [-0.3, -0.25) is 0 Å². The van der Waals surface area contributed by atoms with Gasteiger partial charge in [0, 0.05) is 27.2 Å². The van der Waals surface area contributed by atoms with Crippen molar-refractivity contribution in [3.8, 4) is 21.8 Å². The van der Waals surface area contributed by atoms with Crippen LogP contribution in [0.5, 0.6) is 0 Å². The van der Waals surface area contributed by atoms with E-state index in [0.717, 1.165) is 31.3 Å². The fourth-order valence-corrected chi connectivity index (χ4v) is 3.32. The number of aromatic nitrogens is 2. The average Bonchev–Trinajstić information content (AvgIpc) is 2.98. The van der Waals surface area contributed by atoms with Gasteiger partial charge >= 0.3 is 0 Å². The summed E-state index contributed by atoms with van der Waals surface area (Å²) in [5, 5.41) is 4.14. The summed E-state index contributed by atoms with van der Waals surface area (Å²) >= 11 is 6.75. The Kier molecular flexibility index (Phi) is 4.19. The summed E-state index contributed by atoms with van der Waals surface area (Å²) in [7, 11) is 0. The van der Waals surface area contributed by atoms with Crippen molar-refractivity contribution in [1.29, 1.82) is 0 Å². The van der Waals surface area contributed by atoms with E-state index < -0.39 is 0 Å². The molecule has 2 nitrogen and oxygen atoms in total. The Bertz CT molecular complexity index is 723. The van der Waals surface area contributed by atoms with Crippen LogP contribution in [0.15, 0.2) is 57.5 Å². The number of pyridine rings is 1. The molecule has 20 heavy (non-hydrogen) atoms. The van der Waals surface area contributed by atoms with Gasteiger partial charge in [-0.05, 0) is 30.5 Å². The van der Waals surface area contributed by atoms with Crippen molar-refractivity contribution in [3.63, 3.8) is 0 Å². The van der Waals surface area contributed by atoms with Crippen LogP contribution in [0.4, 0.5) is 0 Å². The molecule has 0 unspecified atom stereocenters. The molecule has 0 atom stereocenters. The Labute approximate surface area is 134 Å². The number of rotatable bonds is 3. The summed E-state index contributed by atoms with van der Waals surface area (Å²) < 4.78 is 1.08. The summed E-state index contributed by atoms with van der Waals surface area (Å²) in [4.78, 5) is 9.01. The maximum absolute atomic E-state index is 4.72. The molecule has 0 spiro atoms. The third-order valence-corrected chi connectivity index (χ3v) is 4.90. The first-order valence-corrected chi connectivity index (χ1v) is 8.88. The Morgan fingerprint density at radius 2 is 1.90 bits per heavy atom. The van der Waals surface area contributed by atoms with Gasteiger partial charge in [-0.25, -0.2) is 9.97 Å². The van der Waals surface area contributed by atoms with Gasteiger partial charge in [0.05, 0.1) is 10.7 Å². The second-order valence-electron chi connectivity index (χ2n) is 4.13. The van der Waals surface area contributed by atoms with E-state index in [2.05, 4.69) is 44.5 Å². The molecule has 0 aliphatic carbocycles. The minimum absolute atomic E-state index is 1.01. The molecule has 3 aromatic rings. The van der Waals surface area contributed by atoms with Crippen molar-refractivity contribution < 1.29 is 0 Å². The van der Waals surface area contributed by atoms with Crippen LogP contribution in [0.2, 0.25) is 0 Å². The molecule has 0 amide bonds. The molecule has 100 valence electrons. The summed E-state index contributed by atoms with van der Waals surface area (Å²) in [5.41, 5.74) is 3.27. The van der Waals surface area contributed by atoms with E-state index in [4.69, 9.17) is 4.98 Å². The molecular formula is C15H11BrN2S2. The number of benzene rings is 1. The highest BCUT2D eigenvalue weighted by Gasteiger charge is 2.07. The maximum atomic E-state index is 4.72. The van der Waals surface area contributed by atoms with Crippen LogP contribution in [0, 0.1) is 0 Å². The molecule has 3 rings (SSSR count). The van der Waals surface area contributed by atoms with E-state index in [9.17, 15) is 0 Å². The van der Waals surface area contributed by atoms with Crippen LogP contribution in [-0.4, -0.2) is 16.2 Å². The van der Waals surface area contributed by atoms with Crippen molar-refractivity contribution in [2.75, 3.05) is 6.26 Å². The smallest absolute Gasteiger partial charge is 0.124 e. The zero-order valence-electron chi connectivity index (χ0n) is 10.7. The van der Waals surface area contributed by atoms with Gasteiger partial charge in [0.1, 0.15) is 5.01 Å². The van der Waals surface area contributed by atoms with E-state index in [1.54, 1.807) is 23.1 Å². The van der Waals surface area contributed by atoms with Gasteiger partial charge in [-0.15, -0.1) is 23.1 Å². The summed E-state index contributed by atoms with van der Waals surface area (Å²) in [5.74, 6) is 0. The first-order valence-electron chi connectivity index (χ1n) is 5.98. The Hall–Kier alpha value is -1.17. The second kappa shape index (κ2) is 6.08. The highest BCUT2D eigenvalue weighted by Crippen LogP contribution is 2.30. The van der Waals surface area contributed by atoms with Gasteiger partial charge < -0.3 is 0 Å². The lowest BCUT2D eigenvalue weighted by molar-refractivity contribution is 1.14. The number of thioether (sulfide) groups is 1. The van der Waals surface area contributed by atoms with Crippen LogP contribution in [0.1, 0.15) is 0 Å². The number of hydrogen-bond donors (Lipinski definition) is 0. The SMILES string of the molecule is CSc1cc(-c2nc(-c3ccc(Br)cc3)cs2)ccn1. The van der Waals surface area contributed by atoms with E-state index >= 15 is 0 Å². The second-order valence-corrected chi connectivity index (χ2v) is 6.73. The van der Waals surface area contributed by atoms with Crippen molar-refractivity contribution in [1.82, 2.24) is 9.97 Å². The van der Waals surface area contributed by atoms with Crippen molar-refractivity contribution in [2.45, 2.75) is 5.03 Å². The predicted octanol–water partition coefficient (Wildman–Crippen LogP) is 5.36. The first kappa shape index (κ1) is 13.8. The molecule has 0 aliphatic heterocycles. The van der Waals surface area contributed by atoms with Crippen molar-refractivity contribution in [2.24, 2.45) is 0 Å². The molecule has 0 fully saturated rings. The van der Waals surface area contributed by atoms with E-state index in [-0.39, 0.29) is 0 Å². The average molecular weight is 363 g/mol. The standard InChI is InChI=1S/C15H11BrN2S2/c1-19-14-8-11(6-7-17-14)15-18-13(9-20-15)10-2-4-12(16)5-3-10/h2-9H,1H3. The maximum Gasteiger partial charge on any atom is 0.124 e. The van der Waals surface area contributed by atoms with E-state index in [0.29, 0.717) is 0 Å². The fraction of sp³-hybridized carbons (Fsp3) is 0.0667. The minimum Gasteiger partial charge on any atom is -0.250 e. The lowest BCUT2D eigenvalue weighted by Gasteiger charge is -1.99.